The lowest BCUT2D eigenvalue weighted by Crippen LogP contribution is -2.37. The van der Waals surface area contributed by atoms with Crippen LogP contribution in [0.3, 0.4) is 0 Å². The Hall–Kier alpha value is -3.34. The quantitative estimate of drug-likeness (QED) is 0.167. The molecule has 0 spiro atoms. The number of benzene rings is 4. The molecule has 0 radical (unpaired) electrons. The summed E-state index contributed by atoms with van der Waals surface area (Å²) in [5, 5.41) is 2.51. The van der Waals surface area contributed by atoms with E-state index >= 15 is 0 Å². The highest BCUT2D eigenvalue weighted by Gasteiger charge is 2.49. The van der Waals surface area contributed by atoms with Crippen molar-refractivity contribution in [2.75, 3.05) is 19.6 Å². The molecule has 4 aromatic rings. The Morgan fingerprint density at radius 1 is 0.872 bits per heavy atom. The summed E-state index contributed by atoms with van der Waals surface area (Å²) in [6.45, 7) is 9.54. The normalized spacial score (nSPS) is 19.0. The molecular formula is C43H46O2S2. The summed E-state index contributed by atoms with van der Waals surface area (Å²) in [5.74, 6) is 2.93. The van der Waals surface area contributed by atoms with Crippen LogP contribution >= 0.6 is 23.5 Å². The van der Waals surface area contributed by atoms with E-state index < -0.39 is 5.60 Å². The van der Waals surface area contributed by atoms with Crippen LogP contribution < -0.4 is 9.47 Å². The molecular weight excluding hydrogens is 613 g/mol. The van der Waals surface area contributed by atoms with Gasteiger partial charge in [0.05, 0.1) is 7.11 Å². The molecule has 0 N–H and O–H groups in total. The average molecular weight is 659 g/mol. The molecule has 0 saturated heterocycles. The number of hydrogen-bond donors (Lipinski definition) is 0. The van der Waals surface area contributed by atoms with Gasteiger partial charge in [0.15, 0.2) is 5.60 Å². The smallest absolute Gasteiger partial charge is 0.174 e. The summed E-state index contributed by atoms with van der Waals surface area (Å²) in [6, 6.07) is 22.6. The van der Waals surface area contributed by atoms with Crippen molar-refractivity contribution in [2.45, 2.75) is 74.2 Å². The van der Waals surface area contributed by atoms with Gasteiger partial charge in [0.2, 0.25) is 0 Å². The summed E-state index contributed by atoms with van der Waals surface area (Å²) < 4.78 is 13.3. The number of rotatable bonds is 9. The third-order valence-electron chi connectivity index (χ3n) is 10.3. The lowest BCUT2D eigenvalue weighted by Gasteiger charge is -2.42. The Kier molecular flexibility index (Phi) is 8.64. The van der Waals surface area contributed by atoms with Crippen LogP contribution in [0.15, 0.2) is 100 Å². The molecule has 47 heavy (non-hydrogen) atoms. The first-order valence-corrected chi connectivity index (χ1v) is 19.5. The molecule has 3 aliphatic rings. The van der Waals surface area contributed by atoms with E-state index in [-0.39, 0.29) is 5.41 Å². The monoisotopic (exact) mass is 658 g/mol. The van der Waals surface area contributed by atoms with Gasteiger partial charge in [0.1, 0.15) is 11.5 Å². The molecule has 0 bridgehead atoms. The van der Waals surface area contributed by atoms with Gasteiger partial charge >= 0.3 is 0 Å². The zero-order chi connectivity index (χ0) is 32.9. The predicted octanol–water partition coefficient (Wildman–Crippen LogP) is 12.2. The van der Waals surface area contributed by atoms with Crippen molar-refractivity contribution in [2.24, 2.45) is 11.8 Å². The number of hydrogen-bond acceptors (Lipinski definition) is 4. The largest absolute Gasteiger partial charge is 0.497 e. The van der Waals surface area contributed by atoms with Crippen LogP contribution in [0.2, 0.25) is 0 Å². The molecule has 1 unspecified atom stereocenters. The molecule has 0 aromatic heterocycles. The van der Waals surface area contributed by atoms with Gasteiger partial charge in [0, 0.05) is 31.7 Å². The molecule has 4 aromatic carbocycles. The van der Waals surface area contributed by atoms with Crippen LogP contribution in [0.4, 0.5) is 0 Å². The van der Waals surface area contributed by atoms with Gasteiger partial charge in [-0.1, -0.05) is 88.4 Å². The van der Waals surface area contributed by atoms with Crippen molar-refractivity contribution in [1.82, 2.24) is 0 Å². The Labute approximate surface area is 289 Å². The fraction of sp³-hybridized carbons (Fsp3) is 0.349. The highest BCUT2D eigenvalue weighted by atomic mass is 32.2. The van der Waals surface area contributed by atoms with E-state index in [0.29, 0.717) is 11.8 Å². The van der Waals surface area contributed by atoms with Crippen molar-refractivity contribution in [3.05, 3.63) is 113 Å². The van der Waals surface area contributed by atoms with E-state index in [9.17, 15) is 0 Å². The summed E-state index contributed by atoms with van der Waals surface area (Å²) in [6.07, 6.45) is 20.1. The predicted molar refractivity (Wildman–Crippen MR) is 203 cm³/mol. The first-order chi connectivity index (χ1) is 22.8. The highest BCUT2D eigenvalue weighted by molar-refractivity contribution is 8.01. The summed E-state index contributed by atoms with van der Waals surface area (Å²) >= 11 is 3.66. The maximum absolute atomic E-state index is 7.69. The van der Waals surface area contributed by atoms with Crippen molar-refractivity contribution < 1.29 is 9.47 Å². The standard InChI is InChI=1S/C43H46O2S2/c1-27(2)25-42(26-28(3)4)36-16-12-11-15-32(36)39-34-23-37(46-6)38(47-7)24-35(34)41-33(40(39)42)21-22-43(45-41,29-13-9-8-10-14-29)30-17-19-31(44-5)20-18-30/h8-9,11-13,15-24,27-28H,10,14,25-26H2,1-7H3. The van der Waals surface area contributed by atoms with E-state index in [1.807, 2.05) is 23.5 Å². The molecule has 1 atom stereocenters. The minimum atomic E-state index is -0.715. The second-order valence-corrected chi connectivity index (χ2v) is 15.8. The van der Waals surface area contributed by atoms with Crippen LogP contribution in [0, 0.1) is 11.8 Å². The lowest BCUT2D eigenvalue weighted by molar-refractivity contribution is 0.153. The summed E-state index contributed by atoms with van der Waals surface area (Å²) in [7, 11) is 1.73. The van der Waals surface area contributed by atoms with Gasteiger partial charge in [-0.25, -0.2) is 0 Å². The third kappa shape index (κ3) is 5.18. The topological polar surface area (TPSA) is 18.5 Å². The molecule has 2 nitrogen and oxygen atoms in total. The zero-order valence-corrected chi connectivity index (χ0v) is 30.4. The molecule has 7 rings (SSSR count). The molecule has 0 amide bonds. The van der Waals surface area contributed by atoms with Gasteiger partial charge in [-0.15, -0.1) is 23.5 Å². The van der Waals surface area contributed by atoms with Gasteiger partial charge in [0.25, 0.3) is 0 Å². The molecule has 2 aliphatic carbocycles. The van der Waals surface area contributed by atoms with E-state index in [1.54, 1.807) is 7.11 Å². The first-order valence-electron chi connectivity index (χ1n) is 17.0. The SMILES string of the molecule is COc1ccc(C2(C3=CC=CCC3)C=Cc3c4c(c5cc(SC)c(SC)cc5c3O2)-c2ccccc2C4(CC(C)C)CC(C)C)cc1. The number of allylic oxidation sites excluding steroid dienone is 3. The second kappa shape index (κ2) is 12.6. The number of thioether (sulfide) groups is 2. The van der Waals surface area contributed by atoms with E-state index in [1.165, 1.54) is 54.0 Å². The fourth-order valence-corrected chi connectivity index (χ4v) is 10.2. The molecule has 0 saturated carbocycles. The molecule has 0 fully saturated rings. The minimum Gasteiger partial charge on any atom is -0.497 e. The lowest BCUT2D eigenvalue weighted by atomic mass is 9.66. The molecule has 1 heterocycles. The number of ether oxygens (including phenoxy) is 2. The van der Waals surface area contributed by atoms with Crippen molar-refractivity contribution in [3.63, 3.8) is 0 Å². The first kappa shape index (κ1) is 32.2. The van der Waals surface area contributed by atoms with E-state index in [0.717, 1.165) is 42.7 Å². The van der Waals surface area contributed by atoms with Crippen molar-refractivity contribution in [3.8, 4) is 22.6 Å². The second-order valence-electron chi connectivity index (χ2n) is 14.1. The Morgan fingerprint density at radius 3 is 2.17 bits per heavy atom. The molecule has 4 heteroatoms. The van der Waals surface area contributed by atoms with Crippen LogP contribution in [-0.2, 0) is 11.0 Å². The van der Waals surface area contributed by atoms with E-state index in [4.69, 9.17) is 9.47 Å². The summed E-state index contributed by atoms with van der Waals surface area (Å²) in [5.41, 5.74) is 8.58. The Morgan fingerprint density at radius 2 is 1.55 bits per heavy atom. The summed E-state index contributed by atoms with van der Waals surface area (Å²) in [4.78, 5) is 2.62. The van der Waals surface area contributed by atoms with Crippen LogP contribution in [-0.4, -0.2) is 19.6 Å². The maximum atomic E-state index is 7.69. The van der Waals surface area contributed by atoms with Crippen molar-refractivity contribution >= 4 is 40.4 Å². The van der Waals surface area contributed by atoms with Crippen LogP contribution in [0.1, 0.15) is 75.6 Å². The highest BCUT2D eigenvalue weighted by Crippen LogP contribution is 2.62. The Bertz CT molecular complexity index is 1920. The number of methoxy groups -OCH3 is 1. The molecule has 242 valence electrons. The molecule has 1 aliphatic heterocycles. The van der Waals surface area contributed by atoms with Crippen molar-refractivity contribution in [1.29, 1.82) is 0 Å². The van der Waals surface area contributed by atoms with Crippen LogP contribution in [0.25, 0.3) is 28.0 Å². The minimum absolute atomic E-state index is 0.106. The fourth-order valence-electron chi connectivity index (χ4n) is 8.66. The Balaban J connectivity index is 1.61. The number of fused-ring (bicyclic) bond motifs is 8. The maximum Gasteiger partial charge on any atom is 0.174 e. The van der Waals surface area contributed by atoms with Crippen LogP contribution in [0.5, 0.6) is 11.5 Å². The van der Waals surface area contributed by atoms with Gasteiger partial charge in [-0.2, -0.15) is 0 Å². The third-order valence-corrected chi connectivity index (χ3v) is 11.9. The van der Waals surface area contributed by atoms with Gasteiger partial charge in [-0.3, -0.25) is 0 Å². The van der Waals surface area contributed by atoms with Gasteiger partial charge < -0.3 is 9.47 Å². The zero-order valence-electron chi connectivity index (χ0n) is 28.8. The van der Waals surface area contributed by atoms with E-state index in [2.05, 4.69) is 131 Å². The van der Waals surface area contributed by atoms with Gasteiger partial charge in [-0.05, 0) is 114 Å². The average Bonchev–Trinajstić information content (AvgIpc) is 3.36.